The van der Waals surface area contributed by atoms with Crippen LogP contribution in [-0.4, -0.2) is 42.3 Å². The second-order valence-corrected chi connectivity index (χ2v) is 6.20. The van der Waals surface area contributed by atoms with E-state index in [1.807, 2.05) is 27.7 Å². The lowest BCUT2D eigenvalue weighted by molar-refractivity contribution is -0.174. The Balaban J connectivity index is 1.87. The van der Waals surface area contributed by atoms with Crippen LogP contribution in [-0.2, 0) is 23.7 Å². The summed E-state index contributed by atoms with van der Waals surface area (Å²) < 4.78 is 23.6. The van der Waals surface area contributed by atoms with E-state index in [0.717, 1.165) is 6.29 Å². The van der Waals surface area contributed by atoms with Gasteiger partial charge in [-0.05, 0) is 27.7 Å². The maximum atomic E-state index is 10.9. The molecule has 1 saturated carbocycles. The van der Waals surface area contributed by atoms with Crippen molar-refractivity contribution in [3.05, 3.63) is 0 Å². The van der Waals surface area contributed by atoms with Crippen molar-refractivity contribution in [1.29, 1.82) is 0 Å². The van der Waals surface area contributed by atoms with Gasteiger partial charge >= 0.3 is 0 Å². The van der Waals surface area contributed by atoms with Crippen LogP contribution < -0.4 is 0 Å². The minimum absolute atomic E-state index is 0.0149. The van der Waals surface area contributed by atoms with Gasteiger partial charge in [0.2, 0.25) is 0 Å². The molecule has 3 rings (SSSR count). The van der Waals surface area contributed by atoms with Crippen molar-refractivity contribution in [2.24, 2.45) is 5.92 Å². The molecule has 0 N–H and O–H groups in total. The summed E-state index contributed by atoms with van der Waals surface area (Å²) in [6.07, 6.45) is 0.829. The maximum absolute atomic E-state index is 10.9. The van der Waals surface area contributed by atoms with E-state index in [1.54, 1.807) is 0 Å². The molecule has 2 heterocycles. The average Bonchev–Trinajstić information content (AvgIpc) is 2.77. The Morgan fingerprint density at radius 1 is 0.833 bits per heavy atom. The molecule has 2 saturated heterocycles. The number of rotatable bonds is 2. The normalized spacial score (nSPS) is 47.9. The highest BCUT2D eigenvalue weighted by Crippen LogP contribution is 2.50. The Hall–Kier alpha value is -0.490. The second-order valence-electron chi connectivity index (χ2n) is 6.20. The molecule has 0 spiro atoms. The van der Waals surface area contributed by atoms with E-state index in [2.05, 4.69) is 0 Å². The van der Waals surface area contributed by atoms with Crippen LogP contribution >= 0.6 is 0 Å². The first-order chi connectivity index (χ1) is 8.33. The number of carbonyl (C=O) groups excluding carboxylic acids is 1. The number of ether oxygens (including phenoxy) is 4. The largest absolute Gasteiger partial charge is 0.344 e. The second kappa shape index (κ2) is 3.76. The quantitative estimate of drug-likeness (QED) is 0.696. The van der Waals surface area contributed by atoms with Crippen molar-refractivity contribution in [2.45, 2.75) is 70.1 Å². The molecule has 0 aromatic heterocycles. The third-order valence-corrected chi connectivity index (χ3v) is 3.86. The molecule has 0 radical (unpaired) electrons. The molecule has 18 heavy (non-hydrogen) atoms. The van der Waals surface area contributed by atoms with E-state index in [0.29, 0.717) is 6.42 Å². The summed E-state index contributed by atoms with van der Waals surface area (Å²) in [4.78, 5) is 10.9. The smallest absolute Gasteiger partial charge is 0.163 e. The summed E-state index contributed by atoms with van der Waals surface area (Å²) in [7, 11) is 0. The SMILES string of the molecule is CC1(C)O[C@H]2[C@@H]3OC(C)(C)O[C@@H]3C(CC=O)[C@H]2O1. The summed E-state index contributed by atoms with van der Waals surface area (Å²) in [6, 6.07) is 0. The minimum Gasteiger partial charge on any atom is -0.344 e. The molecule has 0 aromatic rings. The summed E-state index contributed by atoms with van der Waals surface area (Å²) in [5.41, 5.74) is 0. The van der Waals surface area contributed by atoms with Gasteiger partial charge in [0.05, 0.1) is 12.2 Å². The first-order valence-corrected chi connectivity index (χ1v) is 6.48. The van der Waals surface area contributed by atoms with Gasteiger partial charge in [-0.25, -0.2) is 0 Å². The first-order valence-electron chi connectivity index (χ1n) is 6.48. The fourth-order valence-electron chi connectivity index (χ4n) is 3.37. The van der Waals surface area contributed by atoms with Crippen molar-refractivity contribution in [3.63, 3.8) is 0 Å². The van der Waals surface area contributed by atoms with E-state index < -0.39 is 11.6 Å². The topological polar surface area (TPSA) is 54.0 Å². The van der Waals surface area contributed by atoms with Crippen LogP contribution in [0.25, 0.3) is 0 Å². The first kappa shape index (κ1) is 12.5. The van der Waals surface area contributed by atoms with Crippen LogP contribution in [0.5, 0.6) is 0 Å². The standard InChI is InChI=1S/C13H20O5/c1-12(2)15-8-7(5-6-14)9-11(10(8)17-12)18-13(3,4)16-9/h6-11H,5H2,1-4H3/t8-,9-,10-,11-/m1/s1. The zero-order valence-corrected chi connectivity index (χ0v) is 11.2. The average molecular weight is 256 g/mol. The van der Waals surface area contributed by atoms with Crippen molar-refractivity contribution < 1.29 is 23.7 Å². The lowest BCUT2D eigenvalue weighted by atomic mass is 10.00. The molecule has 5 nitrogen and oxygen atoms in total. The van der Waals surface area contributed by atoms with Crippen LogP contribution in [0.4, 0.5) is 0 Å². The third-order valence-electron chi connectivity index (χ3n) is 3.86. The van der Waals surface area contributed by atoms with E-state index >= 15 is 0 Å². The van der Waals surface area contributed by atoms with E-state index in [9.17, 15) is 4.79 Å². The van der Waals surface area contributed by atoms with Crippen LogP contribution in [0.2, 0.25) is 0 Å². The molecule has 0 amide bonds. The van der Waals surface area contributed by atoms with Crippen LogP contribution in [0, 0.1) is 5.92 Å². The Kier molecular flexibility index (Phi) is 2.62. The molecule has 0 unspecified atom stereocenters. The van der Waals surface area contributed by atoms with E-state index in [4.69, 9.17) is 18.9 Å². The van der Waals surface area contributed by atoms with Crippen LogP contribution in [0.15, 0.2) is 0 Å². The van der Waals surface area contributed by atoms with Crippen LogP contribution in [0.1, 0.15) is 34.1 Å². The minimum atomic E-state index is -0.614. The molecule has 2 aliphatic heterocycles. The fourth-order valence-corrected chi connectivity index (χ4v) is 3.37. The molecule has 0 aromatic carbocycles. The Morgan fingerprint density at radius 3 is 1.61 bits per heavy atom. The van der Waals surface area contributed by atoms with Crippen molar-refractivity contribution in [2.75, 3.05) is 0 Å². The van der Waals surface area contributed by atoms with Crippen LogP contribution in [0.3, 0.4) is 0 Å². The summed E-state index contributed by atoms with van der Waals surface area (Å²) in [5, 5.41) is 0. The highest BCUT2D eigenvalue weighted by molar-refractivity contribution is 5.50. The number of carbonyl (C=O) groups is 1. The van der Waals surface area contributed by atoms with Gasteiger partial charge in [0.1, 0.15) is 18.5 Å². The van der Waals surface area contributed by atoms with Crippen molar-refractivity contribution in [1.82, 2.24) is 0 Å². The van der Waals surface area contributed by atoms with Crippen molar-refractivity contribution in [3.8, 4) is 0 Å². The third kappa shape index (κ3) is 1.81. The van der Waals surface area contributed by atoms with Gasteiger partial charge in [-0.1, -0.05) is 0 Å². The highest BCUT2D eigenvalue weighted by Gasteiger charge is 2.64. The van der Waals surface area contributed by atoms with Gasteiger partial charge in [-0.15, -0.1) is 0 Å². The van der Waals surface area contributed by atoms with Gasteiger partial charge < -0.3 is 23.7 Å². The zero-order chi connectivity index (χ0) is 13.1. The highest BCUT2D eigenvalue weighted by atomic mass is 16.8. The molecule has 5 heteroatoms. The molecular weight excluding hydrogens is 236 g/mol. The molecule has 3 aliphatic rings. The van der Waals surface area contributed by atoms with Crippen molar-refractivity contribution >= 4 is 6.29 Å². The number of aldehydes is 1. The Morgan fingerprint density at radius 2 is 1.22 bits per heavy atom. The summed E-state index contributed by atoms with van der Waals surface area (Å²) in [6.45, 7) is 7.55. The molecule has 1 aliphatic carbocycles. The maximum Gasteiger partial charge on any atom is 0.163 e. The van der Waals surface area contributed by atoms with Gasteiger partial charge in [0.15, 0.2) is 11.6 Å². The molecule has 4 atom stereocenters. The number of hydrogen-bond donors (Lipinski definition) is 0. The van der Waals surface area contributed by atoms with E-state index in [1.165, 1.54) is 0 Å². The molecule has 0 bridgehead atoms. The molecular formula is C13H20O5. The monoisotopic (exact) mass is 256 g/mol. The summed E-state index contributed by atoms with van der Waals surface area (Å²) in [5.74, 6) is -1.21. The van der Waals surface area contributed by atoms with Gasteiger partial charge in [0.25, 0.3) is 0 Å². The predicted molar refractivity (Wildman–Crippen MR) is 61.8 cm³/mol. The van der Waals surface area contributed by atoms with E-state index in [-0.39, 0.29) is 30.3 Å². The van der Waals surface area contributed by atoms with Gasteiger partial charge in [0, 0.05) is 12.3 Å². The Labute approximate surface area is 107 Å². The number of hydrogen-bond acceptors (Lipinski definition) is 5. The van der Waals surface area contributed by atoms with Gasteiger partial charge in [-0.3, -0.25) is 0 Å². The number of fused-ring (bicyclic) bond motifs is 3. The predicted octanol–water partition coefficient (Wildman–Crippen LogP) is 1.25. The molecule has 102 valence electrons. The zero-order valence-electron chi connectivity index (χ0n) is 11.2. The van der Waals surface area contributed by atoms with Gasteiger partial charge in [-0.2, -0.15) is 0 Å². The Bertz CT molecular complexity index is 334. The summed E-state index contributed by atoms with van der Waals surface area (Å²) >= 11 is 0. The molecule has 3 fully saturated rings. The lowest BCUT2D eigenvalue weighted by Crippen LogP contribution is -2.34. The lowest BCUT2D eigenvalue weighted by Gasteiger charge is -2.25. The fraction of sp³-hybridized carbons (Fsp3) is 0.923.